The predicted octanol–water partition coefficient (Wildman–Crippen LogP) is 4.78. The van der Waals surface area contributed by atoms with Gasteiger partial charge in [-0.05, 0) is 47.4 Å². The number of rotatable bonds is 4. The van der Waals surface area contributed by atoms with Crippen molar-refractivity contribution < 1.29 is 0 Å². The molecular formula is C17H18N2S2. The van der Waals surface area contributed by atoms with Crippen molar-refractivity contribution in [2.45, 2.75) is 31.2 Å². The van der Waals surface area contributed by atoms with Gasteiger partial charge in [0.25, 0.3) is 0 Å². The summed E-state index contributed by atoms with van der Waals surface area (Å²) in [6.45, 7) is 0. The van der Waals surface area contributed by atoms with Crippen LogP contribution in [0.3, 0.4) is 0 Å². The lowest BCUT2D eigenvalue weighted by Gasteiger charge is -2.30. The number of benzene rings is 1. The highest BCUT2D eigenvalue weighted by molar-refractivity contribution is 7.27. The molecule has 1 aromatic carbocycles. The summed E-state index contributed by atoms with van der Waals surface area (Å²) < 4.78 is 2.72. The minimum atomic E-state index is 0.103. The molecular weight excluding hydrogens is 296 g/mol. The summed E-state index contributed by atoms with van der Waals surface area (Å²) >= 11 is 3.64. The maximum absolute atomic E-state index is 5.92. The van der Waals surface area contributed by atoms with Crippen molar-refractivity contribution in [2.75, 3.05) is 0 Å². The van der Waals surface area contributed by atoms with E-state index in [2.05, 4.69) is 47.2 Å². The molecule has 1 aliphatic carbocycles. The van der Waals surface area contributed by atoms with Crippen molar-refractivity contribution in [2.24, 2.45) is 5.84 Å². The van der Waals surface area contributed by atoms with Gasteiger partial charge in [0.1, 0.15) is 0 Å². The fourth-order valence-corrected chi connectivity index (χ4v) is 5.32. The average molecular weight is 314 g/mol. The molecule has 4 heteroatoms. The minimum absolute atomic E-state index is 0.103. The smallest absolute Gasteiger partial charge is 0.0806 e. The molecule has 1 unspecified atom stereocenters. The molecule has 2 nitrogen and oxygen atoms in total. The molecule has 4 rings (SSSR count). The molecule has 3 aromatic rings. The van der Waals surface area contributed by atoms with Gasteiger partial charge in [-0.1, -0.05) is 30.7 Å². The third-order valence-corrected chi connectivity index (χ3v) is 6.62. The van der Waals surface area contributed by atoms with Gasteiger partial charge in [0, 0.05) is 14.3 Å². The first-order chi connectivity index (χ1) is 10.4. The third kappa shape index (κ3) is 2.32. The molecule has 0 spiro atoms. The molecule has 21 heavy (non-hydrogen) atoms. The lowest BCUT2D eigenvalue weighted by atomic mass is 9.77. The van der Waals surface area contributed by atoms with Crippen molar-refractivity contribution >= 4 is 32.1 Å². The zero-order valence-electron chi connectivity index (χ0n) is 11.7. The second kappa shape index (κ2) is 5.54. The number of nitrogens with one attached hydrogen (secondary N) is 1. The van der Waals surface area contributed by atoms with Crippen LogP contribution >= 0.6 is 22.7 Å². The molecule has 0 radical (unpaired) electrons. The van der Waals surface area contributed by atoms with E-state index >= 15 is 0 Å². The number of nitrogens with two attached hydrogens (primary N) is 1. The van der Waals surface area contributed by atoms with Crippen LogP contribution in [0.4, 0.5) is 0 Å². The summed E-state index contributed by atoms with van der Waals surface area (Å²) in [5.41, 5.74) is 5.87. The van der Waals surface area contributed by atoms with Crippen LogP contribution in [0.2, 0.25) is 0 Å². The van der Waals surface area contributed by atoms with Crippen LogP contribution < -0.4 is 11.3 Å². The molecule has 1 fully saturated rings. The van der Waals surface area contributed by atoms with Crippen molar-refractivity contribution in [1.29, 1.82) is 0 Å². The van der Waals surface area contributed by atoms with Gasteiger partial charge in [-0.15, -0.1) is 22.7 Å². The summed E-state index contributed by atoms with van der Waals surface area (Å²) in [6, 6.07) is 13.4. The Morgan fingerprint density at radius 3 is 2.71 bits per heavy atom. The summed E-state index contributed by atoms with van der Waals surface area (Å²) in [5.74, 6) is 6.64. The standard InChI is InChI=1S/C17H18N2S2/c18-19-17(16-10-15-14(21-16)8-9-20-15)13-7-2-1-6-12(13)11-4-3-5-11/h1-2,6-11,17,19H,3-5,18H2. The van der Waals surface area contributed by atoms with Crippen LogP contribution in [0.25, 0.3) is 9.40 Å². The second-order valence-electron chi connectivity index (χ2n) is 5.65. The van der Waals surface area contributed by atoms with E-state index in [1.165, 1.54) is 44.7 Å². The first kappa shape index (κ1) is 13.5. The van der Waals surface area contributed by atoms with Crippen LogP contribution in [0, 0.1) is 0 Å². The second-order valence-corrected chi connectivity index (χ2v) is 7.72. The highest BCUT2D eigenvalue weighted by Crippen LogP contribution is 2.42. The zero-order valence-corrected chi connectivity index (χ0v) is 13.3. The number of fused-ring (bicyclic) bond motifs is 1. The Bertz CT molecular complexity index is 726. The Balaban J connectivity index is 1.77. The summed E-state index contributed by atoms with van der Waals surface area (Å²) in [5, 5.41) is 2.15. The fraction of sp³-hybridized carbons (Fsp3) is 0.294. The lowest BCUT2D eigenvalue weighted by molar-refractivity contribution is 0.414. The van der Waals surface area contributed by atoms with Gasteiger partial charge < -0.3 is 0 Å². The Kier molecular flexibility index (Phi) is 3.55. The van der Waals surface area contributed by atoms with Gasteiger partial charge >= 0.3 is 0 Å². The molecule has 108 valence electrons. The summed E-state index contributed by atoms with van der Waals surface area (Å²) in [6.07, 6.45) is 3.98. The van der Waals surface area contributed by atoms with Crippen molar-refractivity contribution in [3.63, 3.8) is 0 Å². The van der Waals surface area contributed by atoms with Crippen molar-refractivity contribution in [1.82, 2.24) is 5.43 Å². The maximum atomic E-state index is 5.92. The highest BCUT2D eigenvalue weighted by atomic mass is 32.1. The first-order valence-corrected chi connectivity index (χ1v) is 9.08. The molecule has 3 N–H and O–H groups in total. The van der Waals surface area contributed by atoms with Gasteiger partial charge in [0.05, 0.1) is 6.04 Å². The Hall–Kier alpha value is -1.20. The minimum Gasteiger partial charge on any atom is -0.271 e. The topological polar surface area (TPSA) is 38.0 Å². The van der Waals surface area contributed by atoms with E-state index in [1.54, 1.807) is 11.3 Å². The van der Waals surface area contributed by atoms with Crippen LogP contribution in [0.5, 0.6) is 0 Å². The number of thiophene rings is 2. The monoisotopic (exact) mass is 314 g/mol. The Morgan fingerprint density at radius 1 is 1.14 bits per heavy atom. The molecule has 0 saturated heterocycles. The van der Waals surface area contributed by atoms with Gasteiger partial charge in [-0.3, -0.25) is 5.84 Å². The summed E-state index contributed by atoms with van der Waals surface area (Å²) in [7, 11) is 0. The largest absolute Gasteiger partial charge is 0.271 e. The van der Waals surface area contributed by atoms with E-state index in [1.807, 2.05) is 11.3 Å². The molecule has 0 bridgehead atoms. The van der Waals surface area contributed by atoms with E-state index < -0.39 is 0 Å². The molecule has 1 aliphatic rings. The van der Waals surface area contributed by atoms with Crippen LogP contribution in [-0.2, 0) is 0 Å². The number of hydrogen-bond donors (Lipinski definition) is 2. The van der Waals surface area contributed by atoms with E-state index in [4.69, 9.17) is 5.84 Å². The quantitative estimate of drug-likeness (QED) is 0.537. The van der Waals surface area contributed by atoms with E-state index in [0.29, 0.717) is 0 Å². The molecule has 1 saturated carbocycles. The van der Waals surface area contributed by atoms with E-state index in [9.17, 15) is 0 Å². The predicted molar refractivity (Wildman–Crippen MR) is 91.9 cm³/mol. The average Bonchev–Trinajstić information content (AvgIpc) is 3.01. The molecule has 2 aromatic heterocycles. The Morgan fingerprint density at radius 2 is 2.00 bits per heavy atom. The molecule has 2 heterocycles. The highest BCUT2D eigenvalue weighted by Gasteiger charge is 2.26. The lowest BCUT2D eigenvalue weighted by Crippen LogP contribution is -2.29. The maximum Gasteiger partial charge on any atom is 0.0806 e. The van der Waals surface area contributed by atoms with E-state index in [-0.39, 0.29) is 6.04 Å². The summed E-state index contributed by atoms with van der Waals surface area (Å²) in [4.78, 5) is 1.31. The Labute approximate surface area is 132 Å². The normalized spacial score (nSPS) is 17.0. The van der Waals surface area contributed by atoms with Crippen LogP contribution in [-0.4, -0.2) is 0 Å². The third-order valence-electron chi connectivity index (χ3n) is 4.46. The van der Waals surface area contributed by atoms with Gasteiger partial charge in [-0.25, -0.2) is 5.43 Å². The van der Waals surface area contributed by atoms with E-state index in [0.717, 1.165) is 5.92 Å². The van der Waals surface area contributed by atoms with Crippen molar-refractivity contribution in [3.8, 4) is 0 Å². The van der Waals surface area contributed by atoms with Gasteiger partial charge in [0.2, 0.25) is 0 Å². The molecule has 0 amide bonds. The van der Waals surface area contributed by atoms with Gasteiger partial charge in [-0.2, -0.15) is 0 Å². The van der Waals surface area contributed by atoms with Crippen molar-refractivity contribution in [3.05, 3.63) is 57.8 Å². The number of hydrogen-bond acceptors (Lipinski definition) is 4. The molecule has 1 atom stereocenters. The SMILES string of the molecule is NNC(c1cc2sccc2s1)c1ccccc1C1CCC1. The number of hydrazine groups is 1. The fourth-order valence-electron chi connectivity index (χ4n) is 3.12. The van der Waals surface area contributed by atoms with Gasteiger partial charge in [0.15, 0.2) is 0 Å². The molecule has 0 aliphatic heterocycles. The van der Waals surface area contributed by atoms with Crippen LogP contribution in [0.1, 0.15) is 47.2 Å². The first-order valence-electron chi connectivity index (χ1n) is 7.38. The zero-order chi connectivity index (χ0) is 14.2. The van der Waals surface area contributed by atoms with Crippen LogP contribution in [0.15, 0.2) is 41.8 Å².